The van der Waals surface area contributed by atoms with Gasteiger partial charge in [-0.1, -0.05) is 35.3 Å². The number of pyridine rings is 1. The Morgan fingerprint density at radius 1 is 1.14 bits per heavy atom. The fraction of sp³-hybridized carbons (Fsp3) is 0.267. The van der Waals surface area contributed by atoms with Gasteiger partial charge in [0.25, 0.3) is 0 Å². The van der Waals surface area contributed by atoms with Crippen molar-refractivity contribution < 1.29 is 4.39 Å². The van der Waals surface area contributed by atoms with Crippen LogP contribution in [0, 0.1) is 12.7 Å². The van der Waals surface area contributed by atoms with Gasteiger partial charge in [-0.25, -0.2) is 9.37 Å². The second kappa shape index (κ2) is 6.50. The summed E-state index contributed by atoms with van der Waals surface area (Å²) in [4.78, 5) is 4.32. The molecule has 2 N–H and O–H groups in total. The first-order chi connectivity index (χ1) is 9.92. The molecule has 1 aromatic heterocycles. The second-order valence-electron chi connectivity index (χ2n) is 4.77. The van der Waals surface area contributed by atoms with Gasteiger partial charge in [-0.15, -0.1) is 0 Å². The van der Waals surface area contributed by atoms with Crippen molar-refractivity contribution in [1.29, 1.82) is 0 Å². The number of aryl methyl sites for hydroxylation is 1. The van der Waals surface area contributed by atoms with Gasteiger partial charge in [0.1, 0.15) is 17.5 Å². The quantitative estimate of drug-likeness (QED) is 0.824. The van der Waals surface area contributed by atoms with E-state index in [1.807, 2.05) is 13.0 Å². The molecule has 1 heterocycles. The molecule has 2 aromatic rings. The predicted molar refractivity (Wildman–Crippen MR) is 87.0 cm³/mol. The number of hydrogen-bond donors (Lipinski definition) is 2. The van der Waals surface area contributed by atoms with E-state index in [0.717, 1.165) is 5.56 Å². The molecule has 0 bridgehead atoms. The SMILES string of the molecule is CNc1nc(NC(C)c2ccc(C)c(F)c2)c(Cl)cc1Cl. The van der Waals surface area contributed by atoms with Gasteiger partial charge < -0.3 is 10.6 Å². The second-order valence-corrected chi connectivity index (χ2v) is 5.59. The molecule has 0 spiro atoms. The van der Waals surface area contributed by atoms with Crippen molar-refractivity contribution in [2.24, 2.45) is 0 Å². The van der Waals surface area contributed by atoms with Crippen LogP contribution in [0.3, 0.4) is 0 Å². The Balaban J connectivity index is 2.26. The van der Waals surface area contributed by atoms with Gasteiger partial charge in [0, 0.05) is 7.05 Å². The molecule has 1 atom stereocenters. The molecule has 2 rings (SSSR count). The Morgan fingerprint density at radius 3 is 2.43 bits per heavy atom. The zero-order chi connectivity index (χ0) is 15.6. The minimum absolute atomic E-state index is 0.143. The van der Waals surface area contributed by atoms with E-state index in [1.165, 1.54) is 6.07 Å². The Bertz CT molecular complexity index is 662. The molecule has 0 fully saturated rings. The molecule has 0 amide bonds. The molecule has 0 saturated heterocycles. The summed E-state index contributed by atoms with van der Waals surface area (Å²) >= 11 is 12.1. The van der Waals surface area contributed by atoms with Crippen molar-refractivity contribution in [1.82, 2.24) is 4.98 Å². The minimum Gasteiger partial charge on any atom is -0.372 e. The maximum Gasteiger partial charge on any atom is 0.147 e. The molecular weight excluding hydrogens is 312 g/mol. The predicted octanol–water partition coefficient (Wildman–Crippen LogP) is 5.05. The van der Waals surface area contributed by atoms with E-state index in [4.69, 9.17) is 23.2 Å². The molecule has 1 aromatic carbocycles. The number of nitrogens with zero attached hydrogens (tertiary/aromatic N) is 1. The topological polar surface area (TPSA) is 37.0 Å². The molecule has 0 aliphatic rings. The van der Waals surface area contributed by atoms with E-state index in [0.29, 0.717) is 27.2 Å². The zero-order valence-corrected chi connectivity index (χ0v) is 13.5. The van der Waals surface area contributed by atoms with Crippen LogP contribution in [0.25, 0.3) is 0 Å². The third-order valence-electron chi connectivity index (χ3n) is 3.22. The molecule has 1 unspecified atom stereocenters. The molecule has 0 saturated carbocycles. The fourth-order valence-corrected chi connectivity index (χ4v) is 2.42. The third-order valence-corrected chi connectivity index (χ3v) is 3.79. The average Bonchev–Trinajstić information content (AvgIpc) is 2.44. The van der Waals surface area contributed by atoms with Crippen LogP contribution in [0.15, 0.2) is 24.3 Å². The summed E-state index contributed by atoms with van der Waals surface area (Å²) in [6.45, 7) is 3.64. The summed E-state index contributed by atoms with van der Waals surface area (Å²) in [6.07, 6.45) is 0. The first-order valence-electron chi connectivity index (χ1n) is 6.48. The average molecular weight is 328 g/mol. The highest BCUT2D eigenvalue weighted by Gasteiger charge is 2.13. The minimum atomic E-state index is -0.229. The van der Waals surface area contributed by atoms with Crippen LogP contribution in [0.5, 0.6) is 0 Å². The lowest BCUT2D eigenvalue weighted by Crippen LogP contribution is -2.10. The standard InChI is InChI=1S/C15H16Cl2FN3/c1-8-4-5-10(6-13(8)18)9(2)20-15-12(17)7-11(16)14(19-3)21-15/h4-7,9H,1-3H3,(H2,19,20,21). The van der Waals surface area contributed by atoms with Gasteiger partial charge in [0.2, 0.25) is 0 Å². The van der Waals surface area contributed by atoms with Gasteiger partial charge in [0.05, 0.1) is 16.1 Å². The number of hydrogen-bond acceptors (Lipinski definition) is 3. The highest BCUT2D eigenvalue weighted by atomic mass is 35.5. The molecule has 6 heteroatoms. The van der Waals surface area contributed by atoms with Crippen molar-refractivity contribution in [2.45, 2.75) is 19.9 Å². The largest absolute Gasteiger partial charge is 0.372 e. The summed E-state index contributed by atoms with van der Waals surface area (Å²) in [5.74, 6) is 0.803. The smallest absolute Gasteiger partial charge is 0.147 e. The first-order valence-corrected chi connectivity index (χ1v) is 7.24. The lowest BCUT2D eigenvalue weighted by molar-refractivity contribution is 0.614. The van der Waals surface area contributed by atoms with Crippen molar-refractivity contribution in [2.75, 3.05) is 17.7 Å². The maximum absolute atomic E-state index is 13.6. The Labute approximate surface area is 133 Å². The number of halogens is 3. The van der Waals surface area contributed by atoms with Crippen LogP contribution in [-0.2, 0) is 0 Å². The molecule has 0 aliphatic carbocycles. The van der Waals surface area contributed by atoms with Crippen LogP contribution in [0.1, 0.15) is 24.1 Å². The van der Waals surface area contributed by atoms with Gasteiger partial charge in [0.15, 0.2) is 0 Å². The van der Waals surface area contributed by atoms with Crippen LogP contribution in [0.2, 0.25) is 10.0 Å². The van der Waals surface area contributed by atoms with Crippen molar-refractivity contribution in [3.63, 3.8) is 0 Å². The first kappa shape index (κ1) is 15.9. The molecular formula is C15H16Cl2FN3. The number of anilines is 2. The fourth-order valence-electron chi connectivity index (χ4n) is 1.91. The normalized spacial score (nSPS) is 12.1. The lowest BCUT2D eigenvalue weighted by atomic mass is 10.1. The van der Waals surface area contributed by atoms with Gasteiger partial charge in [-0.05, 0) is 37.1 Å². The van der Waals surface area contributed by atoms with E-state index in [2.05, 4.69) is 15.6 Å². The summed E-state index contributed by atoms with van der Waals surface area (Å²) in [7, 11) is 1.73. The van der Waals surface area contributed by atoms with Gasteiger partial charge in [-0.3, -0.25) is 0 Å². The molecule has 3 nitrogen and oxygen atoms in total. The summed E-state index contributed by atoms with van der Waals surface area (Å²) in [5.41, 5.74) is 1.43. The van der Waals surface area contributed by atoms with Crippen LogP contribution < -0.4 is 10.6 Å². The van der Waals surface area contributed by atoms with Crippen molar-refractivity contribution >= 4 is 34.8 Å². The lowest BCUT2D eigenvalue weighted by Gasteiger charge is -2.17. The number of nitrogens with one attached hydrogen (secondary N) is 2. The van der Waals surface area contributed by atoms with Crippen LogP contribution in [0.4, 0.5) is 16.0 Å². The van der Waals surface area contributed by atoms with Crippen molar-refractivity contribution in [3.8, 4) is 0 Å². The molecule has 0 radical (unpaired) electrons. The Hall–Kier alpha value is -1.52. The van der Waals surface area contributed by atoms with Gasteiger partial charge >= 0.3 is 0 Å². The highest BCUT2D eigenvalue weighted by Crippen LogP contribution is 2.31. The number of rotatable bonds is 4. The van der Waals surface area contributed by atoms with E-state index in [-0.39, 0.29) is 11.9 Å². The van der Waals surface area contributed by atoms with E-state index in [1.54, 1.807) is 26.1 Å². The highest BCUT2D eigenvalue weighted by molar-refractivity contribution is 6.37. The van der Waals surface area contributed by atoms with Gasteiger partial charge in [-0.2, -0.15) is 0 Å². The molecule has 21 heavy (non-hydrogen) atoms. The summed E-state index contributed by atoms with van der Waals surface area (Å²) in [6, 6.07) is 6.61. The maximum atomic E-state index is 13.6. The Morgan fingerprint density at radius 2 is 1.81 bits per heavy atom. The number of aromatic nitrogens is 1. The van der Waals surface area contributed by atoms with E-state index < -0.39 is 0 Å². The number of benzene rings is 1. The van der Waals surface area contributed by atoms with Crippen molar-refractivity contribution in [3.05, 3.63) is 51.3 Å². The Kier molecular flexibility index (Phi) is 4.91. The molecule has 112 valence electrons. The van der Waals surface area contributed by atoms with Crippen LogP contribution >= 0.6 is 23.2 Å². The van der Waals surface area contributed by atoms with Crippen LogP contribution in [-0.4, -0.2) is 12.0 Å². The third kappa shape index (κ3) is 3.57. The van der Waals surface area contributed by atoms with E-state index >= 15 is 0 Å². The monoisotopic (exact) mass is 327 g/mol. The summed E-state index contributed by atoms with van der Waals surface area (Å²) < 4.78 is 13.6. The molecule has 0 aliphatic heterocycles. The summed E-state index contributed by atoms with van der Waals surface area (Å²) in [5, 5.41) is 6.92. The van der Waals surface area contributed by atoms with E-state index in [9.17, 15) is 4.39 Å². The zero-order valence-electron chi connectivity index (χ0n) is 12.0.